The standard InChI is InChI=1S/C17H18FNO/c1-2-3-7-15-10-11-19(13-15)17(20)16(18)12-14-8-5-4-6-9-14/h2-11,16H,12-13H2,1H3/b3-2-,15-7-. The Morgan fingerprint density at radius 3 is 2.85 bits per heavy atom. The molecule has 1 aromatic carbocycles. The molecule has 0 spiro atoms. The van der Waals surface area contributed by atoms with Crippen LogP contribution in [0.3, 0.4) is 0 Å². The summed E-state index contributed by atoms with van der Waals surface area (Å²) in [4.78, 5) is 13.5. The van der Waals surface area contributed by atoms with Gasteiger partial charge >= 0.3 is 0 Å². The van der Waals surface area contributed by atoms with Crippen LogP contribution in [0.25, 0.3) is 0 Å². The average Bonchev–Trinajstić information content (AvgIpc) is 2.94. The van der Waals surface area contributed by atoms with Gasteiger partial charge in [0.05, 0.1) is 6.54 Å². The van der Waals surface area contributed by atoms with E-state index in [1.54, 1.807) is 6.20 Å². The third-order valence-electron chi connectivity index (χ3n) is 3.13. The Morgan fingerprint density at radius 1 is 1.40 bits per heavy atom. The van der Waals surface area contributed by atoms with Crippen molar-refractivity contribution in [3.8, 4) is 0 Å². The smallest absolute Gasteiger partial charge is 0.261 e. The number of allylic oxidation sites excluding steroid dienone is 3. The first-order valence-corrected chi connectivity index (χ1v) is 6.69. The van der Waals surface area contributed by atoms with Crippen LogP contribution in [-0.2, 0) is 11.2 Å². The minimum absolute atomic E-state index is 0.123. The molecule has 1 aliphatic heterocycles. The van der Waals surface area contributed by atoms with Gasteiger partial charge in [0, 0.05) is 12.6 Å². The molecular formula is C17H18FNO. The second kappa shape index (κ2) is 6.85. The maximum absolute atomic E-state index is 14.1. The Kier molecular flexibility index (Phi) is 4.88. The van der Waals surface area contributed by atoms with Crippen LogP contribution < -0.4 is 0 Å². The van der Waals surface area contributed by atoms with E-state index in [-0.39, 0.29) is 6.42 Å². The summed E-state index contributed by atoms with van der Waals surface area (Å²) in [5, 5.41) is 0. The molecule has 2 nitrogen and oxygen atoms in total. The molecule has 2 rings (SSSR count). The van der Waals surface area contributed by atoms with Gasteiger partial charge in [0.15, 0.2) is 6.17 Å². The van der Waals surface area contributed by atoms with Crippen molar-refractivity contribution in [1.29, 1.82) is 0 Å². The molecule has 0 N–H and O–H groups in total. The Hall–Kier alpha value is -2.16. The molecule has 1 amide bonds. The van der Waals surface area contributed by atoms with Crippen molar-refractivity contribution in [3.05, 3.63) is 72.0 Å². The first kappa shape index (κ1) is 14.3. The molecule has 0 aromatic heterocycles. The lowest BCUT2D eigenvalue weighted by molar-refractivity contribution is -0.133. The molecule has 0 radical (unpaired) electrons. The molecule has 20 heavy (non-hydrogen) atoms. The first-order valence-electron chi connectivity index (χ1n) is 6.69. The molecule has 1 atom stereocenters. The van der Waals surface area contributed by atoms with Gasteiger partial charge in [-0.25, -0.2) is 4.39 Å². The van der Waals surface area contributed by atoms with Crippen molar-refractivity contribution in [2.75, 3.05) is 6.54 Å². The fourth-order valence-corrected chi connectivity index (χ4v) is 2.06. The summed E-state index contributed by atoms with van der Waals surface area (Å²) in [5.74, 6) is -0.478. The average molecular weight is 271 g/mol. The minimum Gasteiger partial charge on any atom is -0.312 e. The van der Waals surface area contributed by atoms with Crippen LogP contribution in [0, 0.1) is 0 Å². The molecule has 3 heteroatoms. The molecule has 1 aromatic rings. The number of benzene rings is 1. The molecule has 0 bridgehead atoms. The zero-order valence-corrected chi connectivity index (χ0v) is 11.5. The van der Waals surface area contributed by atoms with E-state index in [9.17, 15) is 9.18 Å². The van der Waals surface area contributed by atoms with Crippen LogP contribution in [0.1, 0.15) is 12.5 Å². The van der Waals surface area contributed by atoms with E-state index < -0.39 is 12.1 Å². The van der Waals surface area contributed by atoms with Crippen LogP contribution in [0.4, 0.5) is 4.39 Å². The Balaban J connectivity index is 1.94. The van der Waals surface area contributed by atoms with Gasteiger partial charge in [-0.2, -0.15) is 0 Å². The fourth-order valence-electron chi connectivity index (χ4n) is 2.06. The Morgan fingerprint density at radius 2 is 2.15 bits per heavy atom. The Bertz CT molecular complexity index is 545. The van der Waals surface area contributed by atoms with Crippen molar-refractivity contribution < 1.29 is 9.18 Å². The van der Waals surface area contributed by atoms with Crippen LogP contribution in [0.5, 0.6) is 0 Å². The van der Waals surface area contributed by atoms with Crippen molar-refractivity contribution in [3.63, 3.8) is 0 Å². The lowest BCUT2D eigenvalue weighted by Gasteiger charge is -2.16. The van der Waals surface area contributed by atoms with Crippen LogP contribution in [0.2, 0.25) is 0 Å². The highest BCUT2D eigenvalue weighted by molar-refractivity contribution is 5.83. The van der Waals surface area contributed by atoms with Crippen LogP contribution in [-0.4, -0.2) is 23.5 Å². The van der Waals surface area contributed by atoms with Gasteiger partial charge in [-0.15, -0.1) is 0 Å². The number of hydrogen-bond acceptors (Lipinski definition) is 1. The number of carbonyl (C=O) groups is 1. The van der Waals surface area contributed by atoms with Gasteiger partial charge in [0.2, 0.25) is 0 Å². The maximum atomic E-state index is 14.1. The normalized spacial score (nSPS) is 18.1. The third-order valence-corrected chi connectivity index (χ3v) is 3.13. The van der Waals surface area contributed by atoms with Crippen LogP contribution in [0.15, 0.2) is 66.4 Å². The molecule has 0 fully saturated rings. The number of hydrogen-bond donors (Lipinski definition) is 0. The largest absolute Gasteiger partial charge is 0.312 e. The molecule has 0 aliphatic carbocycles. The molecule has 1 unspecified atom stereocenters. The van der Waals surface area contributed by atoms with E-state index in [0.29, 0.717) is 6.54 Å². The third kappa shape index (κ3) is 3.67. The van der Waals surface area contributed by atoms with E-state index in [1.807, 2.05) is 61.6 Å². The monoisotopic (exact) mass is 271 g/mol. The van der Waals surface area contributed by atoms with Gasteiger partial charge < -0.3 is 4.90 Å². The van der Waals surface area contributed by atoms with E-state index in [0.717, 1.165) is 11.1 Å². The van der Waals surface area contributed by atoms with E-state index in [4.69, 9.17) is 0 Å². The number of carbonyl (C=O) groups excluding carboxylic acids is 1. The van der Waals surface area contributed by atoms with Crippen molar-refractivity contribution in [2.45, 2.75) is 19.5 Å². The fraction of sp³-hybridized carbons (Fsp3) is 0.235. The lowest BCUT2D eigenvalue weighted by Crippen LogP contribution is -2.33. The highest BCUT2D eigenvalue weighted by atomic mass is 19.1. The van der Waals surface area contributed by atoms with Gasteiger partial charge in [-0.05, 0) is 24.1 Å². The summed E-state index contributed by atoms with van der Waals surface area (Å²) in [6.07, 6.45) is 7.86. The van der Waals surface area contributed by atoms with Gasteiger partial charge in [-0.1, -0.05) is 48.6 Å². The first-order chi connectivity index (χ1) is 9.70. The summed E-state index contributed by atoms with van der Waals surface area (Å²) in [5.41, 5.74) is 1.84. The summed E-state index contributed by atoms with van der Waals surface area (Å²) in [6, 6.07) is 9.23. The molecule has 0 saturated carbocycles. The number of rotatable bonds is 4. The zero-order chi connectivity index (χ0) is 14.4. The number of nitrogens with zero attached hydrogens (tertiary/aromatic N) is 1. The molecule has 1 aliphatic rings. The molecular weight excluding hydrogens is 253 g/mol. The quantitative estimate of drug-likeness (QED) is 0.821. The lowest BCUT2D eigenvalue weighted by atomic mass is 10.1. The van der Waals surface area contributed by atoms with Gasteiger partial charge in [-0.3, -0.25) is 4.79 Å². The zero-order valence-electron chi connectivity index (χ0n) is 11.5. The summed E-state index contributed by atoms with van der Waals surface area (Å²) < 4.78 is 14.1. The highest BCUT2D eigenvalue weighted by Gasteiger charge is 2.25. The highest BCUT2D eigenvalue weighted by Crippen LogP contribution is 2.16. The van der Waals surface area contributed by atoms with Crippen molar-refractivity contribution in [1.82, 2.24) is 4.90 Å². The summed E-state index contributed by atoms with van der Waals surface area (Å²) in [6.45, 7) is 2.37. The van der Waals surface area contributed by atoms with Crippen molar-refractivity contribution >= 4 is 5.91 Å². The maximum Gasteiger partial charge on any atom is 0.261 e. The van der Waals surface area contributed by atoms with E-state index in [2.05, 4.69) is 0 Å². The second-order valence-corrected chi connectivity index (χ2v) is 4.71. The number of alkyl halides is 1. The van der Waals surface area contributed by atoms with E-state index in [1.165, 1.54) is 4.90 Å². The van der Waals surface area contributed by atoms with Gasteiger partial charge in [0.25, 0.3) is 5.91 Å². The molecule has 1 heterocycles. The predicted octanol–water partition coefficient (Wildman–Crippen LogP) is 3.43. The SMILES string of the molecule is C/C=C\C=C1\C=CN(C(=O)C(F)Cc2ccccc2)C1. The molecule has 104 valence electrons. The summed E-state index contributed by atoms with van der Waals surface area (Å²) >= 11 is 0. The minimum atomic E-state index is -1.50. The number of amides is 1. The van der Waals surface area contributed by atoms with Gasteiger partial charge in [0.1, 0.15) is 0 Å². The predicted molar refractivity (Wildman–Crippen MR) is 78.8 cm³/mol. The topological polar surface area (TPSA) is 20.3 Å². The number of halogens is 1. The van der Waals surface area contributed by atoms with E-state index >= 15 is 0 Å². The molecule has 0 saturated heterocycles. The second-order valence-electron chi connectivity index (χ2n) is 4.71. The summed E-state index contributed by atoms with van der Waals surface area (Å²) in [7, 11) is 0. The van der Waals surface area contributed by atoms with Crippen LogP contribution >= 0.6 is 0 Å². The Labute approximate surface area is 118 Å². The van der Waals surface area contributed by atoms with Crippen molar-refractivity contribution in [2.24, 2.45) is 0 Å².